The van der Waals surface area contributed by atoms with Crippen molar-refractivity contribution in [2.24, 2.45) is 0 Å². The lowest BCUT2D eigenvalue weighted by Crippen LogP contribution is -2.29. The molecular weight excluding hydrogens is 276 g/mol. The van der Waals surface area contributed by atoms with Crippen LogP contribution < -0.4 is 10.2 Å². The van der Waals surface area contributed by atoms with Crippen molar-refractivity contribution < 1.29 is 9.59 Å². The lowest BCUT2D eigenvalue weighted by Gasteiger charge is -2.12. The second kappa shape index (κ2) is 6.89. The van der Waals surface area contributed by atoms with Gasteiger partial charge >= 0.3 is 0 Å². The minimum absolute atomic E-state index is 0.00587. The first-order valence-electron chi connectivity index (χ1n) is 7.13. The number of carbonyl (C=O) groups is 2. The number of anilines is 1. The Bertz CT molecular complexity index is 676. The number of ketones is 1. The fourth-order valence-corrected chi connectivity index (χ4v) is 2.10. The third-order valence-electron chi connectivity index (χ3n) is 3.40. The normalized spacial score (nSPS) is 10.1. The predicted octanol–water partition coefficient (Wildman–Crippen LogP) is 2.67. The third kappa shape index (κ3) is 3.95. The monoisotopic (exact) mass is 296 g/mol. The Balaban J connectivity index is 1.96. The Morgan fingerprint density at radius 2 is 1.68 bits per heavy atom. The van der Waals surface area contributed by atoms with Crippen LogP contribution in [-0.4, -0.2) is 32.3 Å². The molecule has 22 heavy (non-hydrogen) atoms. The molecular formula is C18H20N2O2. The van der Waals surface area contributed by atoms with E-state index in [1.54, 1.807) is 24.3 Å². The lowest BCUT2D eigenvalue weighted by molar-refractivity contribution is 0.0904. The van der Waals surface area contributed by atoms with Crippen LogP contribution in [0.5, 0.6) is 0 Å². The number of hydrogen-bond acceptors (Lipinski definition) is 3. The van der Waals surface area contributed by atoms with Gasteiger partial charge in [-0.2, -0.15) is 0 Å². The molecule has 4 nitrogen and oxygen atoms in total. The molecule has 0 aliphatic carbocycles. The van der Waals surface area contributed by atoms with Crippen LogP contribution >= 0.6 is 0 Å². The van der Waals surface area contributed by atoms with Gasteiger partial charge in [-0.25, -0.2) is 0 Å². The van der Waals surface area contributed by atoms with Gasteiger partial charge in [0.1, 0.15) is 0 Å². The zero-order valence-electron chi connectivity index (χ0n) is 13.1. The first kappa shape index (κ1) is 15.8. The Labute approximate surface area is 130 Å². The van der Waals surface area contributed by atoms with Crippen molar-refractivity contribution in [2.45, 2.75) is 6.92 Å². The Kier molecular flexibility index (Phi) is 4.94. The summed E-state index contributed by atoms with van der Waals surface area (Å²) in [6, 6.07) is 14.6. The molecule has 0 unspecified atom stereocenters. The first-order valence-corrected chi connectivity index (χ1v) is 7.13. The molecule has 1 N–H and O–H groups in total. The number of nitrogens with one attached hydrogen (secondary N) is 1. The highest BCUT2D eigenvalue weighted by molar-refractivity contribution is 6.02. The highest BCUT2D eigenvalue weighted by Crippen LogP contribution is 2.12. The van der Waals surface area contributed by atoms with Crippen molar-refractivity contribution in [1.29, 1.82) is 0 Å². The van der Waals surface area contributed by atoms with Gasteiger partial charge in [-0.3, -0.25) is 9.59 Å². The molecule has 114 valence electrons. The summed E-state index contributed by atoms with van der Waals surface area (Å²) in [5, 5.41) is 2.66. The van der Waals surface area contributed by atoms with Gasteiger partial charge in [0.05, 0.1) is 6.54 Å². The summed E-state index contributed by atoms with van der Waals surface area (Å²) in [6.07, 6.45) is 0. The van der Waals surface area contributed by atoms with Gasteiger partial charge in [-0.15, -0.1) is 0 Å². The maximum absolute atomic E-state index is 12.1. The number of aryl methyl sites for hydroxylation is 1. The van der Waals surface area contributed by atoms with E-state index in [1.165, 1.54) is 0 Å². The van der Waals surface area contributed by atoms with Gasteiger partial charge < -0.3 is 10.2 Å². The summed E-state index contributed by atoms with van der Waals surface area (Å²) < 4.78 is 0. The number of nitrogens with zero attached hydrogens (tertiary/aromatic N) is 1. The van der Waals surface area contributed by atoms with E-state index < -0.39 is 0 Å². The van der Waals surface area contributed by atoms with Gasteiger partial charge in [-0.1, -0.05) is 17.7 Å². The van der Waals surface area contributed by atoms with Gasteiger partial charge in [0.15, 0.2) is 5.78 Å². The number of Topliss-reactive ketones (excluding diaryl/α,β-unsaturated/α-hetero) is 1. The zero-order valence-corrected chi connectivity index (χ0v) is 13.1. The number of rotatable bonds is 5. The maximum Gasteiger partial charge on any atom is 0.251 e. The molecule has 1 amide bonds. The second-order valence-corrected chi connectivity index (χ2v) is 5.42. The van der Waals surface area contributed by atoms with E-state index in [9.17, 15) is 9.59 Å². The number of hydrogen-bond donors (Lipinski definition) is 1. The van der Waals surface area contributed by atoms with Crippen LogP contribution in [0.2, 0.25) is 0 Å². The van der Waals surface area contributed by atoms with Crippen molar-refractivity contribution in [3.8, 4) is 0 Å². The van der Waals surface area contributed by atoms with E-state index in [2.05, 4.69) is 5.32 Å². The summed E-state index contributed by atoms with van der Waals surface area (Å²) in [5.41, 5.74) is 3.20. The smallest absolute Gasteiger partial charge is 0.251 e. The van der Waals surface area contributed by atoms with E-state index in [1.807, 2.05) is 50.2 Å². The average molecular weight is 296 g/mol. The van der Waals surface area contributed by atoms with Crippen molar-refractivity contribution in [3.05, 3.63) is 65.2 Å². The lowest BCUT2D eigenvalue weighted by atomic mass is 10.1. The molecule has 0 fully saturated rings. The molecule has 2 rings (SSSR count). The Morgan fingerprint density at radius 3 is 2.27 bits per heavy atom. The Hall–Kier alpha value is -2.62. The van der Waals surface area contributed by atoms with Crippen molar-refractivity contribution in [2.75, 3.05) is 25.5 Å². The van der Waals surface area contributed by atoms with E-state index in [0.29, 0.717) is 11.1 Å². The molecule has 0 bridgehead atoms. The molecule has 0 aromatic heterocycles. The van der Waals surface area contributed by atoms with Gasteiger partial charge in [0.25, 0.3) is 5.91 Å². The fourth-order valence-electron chi connectivity index (χ4n) is 2.10. The fraction of sp³-hybridized carbons (Fsp3) is 0.222. The zero-order chi connectivity index (χ0) is 16.1. The molecule has 0 aliphatic heterocycles. The summed E-state index contributed by atoms with van der Waals surface area (Å²) >= 11 is 0. The maximum atomic E-state index is 12.1. The standard InChI is InChI=1S/C18H20N2O2/c1-13-5-4-6-15(11-13)18(22)19-12-17(21)14-7-9-16(10-8-14)20(2)3/h4-11H,12H2,1-3H3,(H,19,22). The van der Waals surface area contributed by atoms with E-state index in [4.69, 9.17) is 0 Å². The van der Waals surface area contributed by atoms with Gasteiger partial charge in [0.2, 0.25) is 0 Å². The Morgan fingerprint density at radius 1 is 1.00 bits per heavy atom. The van der Waals surface area contributed by atoms with Crippen molar-refractivity contribution in [1.82, 2.24) is 5.32 Å². The minimum atomic E-state index is -0.234. The highest BCUT2D eigenvalue weighted by Gasteiger charge is 2.10. The van der Waals surface area contributed by atoms with Crippen LogP contribution in [0.15, 0.2) is 48.5 Å². The minimum Gasteiger partial charge on any atom is -0.378 e. The first-order chi connectivity index (χ1) is 10.5. The van der Waals surface area contributed by atoms with E-state index >= 15 is 0 Å². The molecule has 0 spiro atoms. The van der Waals surface area contributed by atoms with Crippen LogP contribution in [0.25, 0.3) is 0 Å². The van der Waals surface area contributed by atoms with Gasteiger partial charge in [-0.05, 0) is 43.3 Å². The predicted molar refractivity (Wildman–Crippen MR) is 88.6 cm³/mol. The molecule has 2 aromatic carbocycles. The summed E-state index contributed by atoms with van der Waals surface area (Å²) in [6.45, 7) is 1.92. The molecule has 0 heterocycles. The van der Waals surface area contributed by atoms with Crippen molar-refractivity contribution >= 4 is 17.4 Å². The molecule has 2 aromatic rings. The van der Waals surface area contributed by atoms with Crippen molar-refractivity contribution in [3.63, 3.8) is 0 Å². The average Bonchev–Trinajstić information content (AvgIpc) is 2.52. The second-order valence-electron chi connectivity index (χ2n) is 5.42. The topological polar surface area (TPSA) is 49.4 Å². The third-order valence-corrected chi connectivity index (χ3v) is 3.40. The highest BCUT2D eigenvalue weighted by atomic mass is 16.2. The number of benzene rings is 2. The van der Waals surface area contributed by atoms with Crippen LogP contribution in [0.3, 0.4) is 0 Å². The molecule has 0 radical (unpaired) electrons. The van der Waals surface area contributed by atoms with E-state index in [-0.39, 0.29) is 18.2 Å². The molecule has 4 heteroatoms. The largest absolute Gasteiger partial charge is 0.378 e. The summed E-state index contributed by atoms with van der Waals surface area (Å²) in [5.74, 6) is -0.340. The van der Waals surface area contributed by atoms with E-state index in [0.717, 1.165) is 11.3 Å². The molecule has 0 saturated heterocycles. The summed E-state index contributed by atoms with van der Waals surface area (Å²) in [7, 11) is 3.89. The SMILES string of the molecule is Cc1cccc(C(=O)NCC(=O)c2ccc(N(C)C)cc2)c1. The number of amides is 1. The molecule has 0 atom stereocenters. The van der Waals surface area contributed by atoms with Crippen LogP contribution in [0, 0.1) is 6.92 Å². The molecule has 0 saturated carbocycles. The summed E-state index contributed by atoms with van der Waals surface area (Å²) in [4.78, 5) is 26.1. The van der Waals surface area contributed by atoms with Gasteiger partial charge in [0, 0.05) is 30.9 Å². The van der Waals surface area contributed by atoms with Crippen LogP contribution in [0.4, 0.5) is 5.69 Å². The van der Waals surface area contributed by atoms with Crippen LogP contribution in [-0.2, 0) is 0 Å². The molecule has 0 aliphatic rings. The quantitative estimate of drug-likeness (QED) is 0.863. The number of carbonyl (C=O) groups excluding carboxylic acids is 2. The van der Waals surface area contributed by atoms with Crippen LogP contribution in [0.1, 0.15) is 26.3 Å².